The van der Waals surface area contributed by atoms with E-state index >= 15 is 0 Å². The first-order valence-corrected chi connectivity index (χ1v) is 5.83. The Morgan fingerprint density at radius 3 is 2.63 bits per heavy atom. The van der Waals surface area contributed by atoms with Crippen molar-refractivity contribution in [3.8, 4) is 11.8 Å². The van der Waals surface area contributed by atoms with Gasteiger partial charge in [0.05, 0.1) is 5.56 Å². The third-order valence-corrected chi connectivity index (χ3v) is 2.52. The second-order valence-corrected chi connectivity index (χ2v) is 3.88. The molecule has 94 valence electrons. The van der Waals surface area contributed by atoms with Crippen molar-refractivity contribution in [1.29, 1.82) is 5.26 Å². The Hall–Kier alpha value is -2.60. The van der Waals surface area contributed by atoms with Crippen LogP contribution in [0.4, 0.5) is 4.39 Å². The predicted molar refractivity (Wildman–Crippen MR) is 72.1 cm³/mol. The summed E-state index contributed by atoms with van der Waals surface area (Å²) in [4.78, 5) is 0. The van der Waals surface area contributed by atoms with E-state index in [0.717, 1.165) is 5.56 Å². The molecule has 0 fully saturated rings. The van der Waals surface area contributed by atoms with Crippen LogP contribution in [0.2, 0.25) is 0 Å². The minimum Gasteiger partial charge on any atom is -0.489 e. The summed E-state index contributed by atoms with van der Waals surface area (Å²) in [6.07, 6.45) is 3.78. The molecule has 2 rings (SSSR count). The third-order valence-electron chi connectivity index (χ3n) is 2.52. The highest BCUT2D eigenvalue weighted by Crippen LogP contribution is 2.16. The zero-order valence-corrected chi connectivity index (χ0v) is 10.2. The zero-order chi connectivity index (χ0) is 13.5. The molecule has 0 aliphatic rings. The number of nitrogens with zero attached hydrogens (tertiary/aromatic N) is 1. The lowest BCUT2D eigenvalue weighted by molar-refractivity contribution is 0.361. The van der Waals surface area contributed by atoms with Crippen LogP contribution in [0.15, 0.2) is 54.6 Å². The molecular weight excluding hydrogens is 241 g/mol. The van der Waals surface area contributed by atoms with Crippen molar-refractivity contribution in [2.45, 2.75) is 0 Å². The normalized spacial score (nSPS) is 10.3. The van der Waals surface area contributed by atoms with Gasteiger partial charge in [0.1, 0.15) is 24.2 Å². The van der Waals surface area contributed by atoms with Gasteiger partial charge in [-0.1, -0.05) is 36.4 Å². The number of hydrogen-bond acceptors (Lipinski definition) is 2. The van der Waals surface area contributed by atoms with E-state index in [-0.39, 0.29) is 5.56 Å². The molecule has 3 heteroatoms. The summed E-state index contributed by atoms with van der Waals surface area (Å²) in [7, 11) is 0. The van der Waals surface area contributed by atoms with Gasteiger partial charge in [0.2, 0.25) is 0 Å². The zero-order valence-electron chi connectivity index (χ0n) is 10.2. The molecule has 2 aromatic carbocycles. The van der Waals surface area contributed by atoms with Crippen molar-refractivity contribution >= 4 is 6.08 Å². The number of hydrogen-bond donors (Lipinski definition) is 0. The second kappa shape index (κ2) is 6.36. The first kappa shape index (κ1) is 12.8. The van der Waals surface area contributed by atoms with Crippen LogP contribution >= 0.6 is 0 Å². The molecule has 0 heterocycles. The van der Waals surface area contributed by atoms with Gasteiger partial charge in [-0.05, 0) is 23.8 Å². The van der Waals surface area contributed by atoms with Crippen molar-refractivity contribution in [3.05, 3.63) is 71.6 Å². The maximum absolute atomic E-state index is 13.3. The smallest absolute Gasteiger partial charge is 0.144 e. The molecule has 0 saturated carbocycles. The number of halogens is 1. The molecule has 0 atom stereocenters. The van der Waals surface area contributed by atoms with E-state index in [1.54, 1.807) is 12.1 Å². The fourth-order valence-corrected chi connectivity index (χ4v) is 1.57. The van der Waals surface area contributed by atoms with Crippen molar-refractivity contribution < 1.29 is 9.13 Å². The lowest BCUT2D eigenvalue weighted by Crippen LogP contribution is -1.94. The topological polar surface area (TPSA) is 33.0 Å². The molecule has 0 unspecified atom stereocenters. The minimum absolute atomic E-state index is 0.0205. The summed E-state index contributed by atoms with van der Waals surface area (Å²) in [6, 6.07) is 15.8. The van der Waals surface area contributed by atoms with E-state index in [2.05, 4.69) is 0 Å². The van der Waals surface area contributed by atoms with E-state index in [0.29, 0.717) is 12.4 Å². The first-order valence-electron chi connectivity index (χ1n) is 5.83. The van der Waals surface area contributed by atoms with Crippen molar-refractivity contribution in [1.82, 2.24) is 0 Å². The molecule has 2 nitrogen and oxygen atoms in total. The quantitative estimate of drug-likeness (QED) is 0.830. The molecule has 0 bridgehead atoms. The minimum atomic E-state index is -0.563. The van der Waals surface area contributed by atoms with Crippen LogP contribution in [0, 0.1) is 17.1 Å². The van der Waals surface area contributed by atoms with Gasteiger partial charge in [0, 0.05) is 6.07 Å². The van der Waals surface area contributed by atoms with Gasteiger partial charge in [-0.2, -0.15) is 5.26 Å². The highest BCUT2D eigenvalue weighted by Gasteiger charge is 2.02. The monoisotopic (exact) mass is 253 g/mol. The molecule has 0 saturated heterocycles. The van der Waals surface area contributed by atoms with Crippen LogP contribution in [0.3, 0.4) is 0 Å². The van der Waals surface area contributed by atoms with E-state index in [1.807, 2.05) is 42.5 Å². The van der Waals surface area contributed by atoms with Crippen LogP contribution in [-0.4, -0.2) is 6.61 Å². The number of nitriles is 1. The van der Waals surface area contributed by atoms with Crippen LogP contribution in [-0.2, 0) is 0 Å². The average Bonchev–Trinajstić information content (AvgIpc) is 2.45. The highest BCUT2D eigenvalue weighted by molar-refractivity contribution is 5.48. The third kappa shape index (κ3) is 3.68. The maximum Gasteiger partial charge on any atom is 0.144 e. The van der Waals surface area contributed by atoms with Crippen molar-refractivity contribution in [2.75, 3.05) is 6.61 Å². The lowest BCUT2D eigenvalue weighted by Gasteiger charge is -2.03. The second-order valence-electron chi connectivity index (χ2n) is 3.88. The van der Waals surface area contributed by atoms with Gasteiger partial charge in [-0.3, -0.25) is 0 Å². The molecule has 0 aliphatic carbocycles. The molecular formula is C16H12FNO. The summed E-state index contributed by atoms with van der Waals surface area (Å²) in [6.45, 7) is 0.347. The first-order chi connectivity index (χ1) is 9.29. The molecule has 0 radical (unpaired) electrons. The molecule has 0 N–H and O–H groups in total. The molecule has 0 aromatic heterocycles. The molecule has 2 aromatic rings. The van der Waals surface area contributed by atoms with Crippen LogP contribution in [0.25, 0.3) is 6.08 Å². The lowest BCUT2D eigenvalue weighted by atomic mass is 10.2. The Balaban J connectivity index is 1.91. The summed E-state index contributed by atoms with van der Waals surface area (Å²) in [5.74, 6) is -0.152. The van der Waals surface area contributed by atoms with Gasteiger partial charge in [0.15, 0.2) is 0 Å². The number of benzene rings is 2. The Labute approximate surface area is 111 Å². The Kier molecular flexibility index (Phi) is 4.30. The van der Waals surface area contributed by atoms with Crippen LogP contribution in [0.5, 0.6) is 5.75 Å². The maximum atomic E-state index is 13.3. The molecule has 19 heavy (non-hydrogen) atoms. The van der Waals surface area contributed by atoms with E-state index < -0.39 is 5.82 Å². The van der Waals surface area contributed by atoms with Gasteiger partial charge < -0.3 is 4.74 Å². The number of ether oxygens (including phenoxy) is 1. The summed E-state index contributed by atoms with van der Waals surface area (Å²) in [5.41, 5.74) is 1.10. The fraction of sp³-hybridized carbons (Fsp3) is 0.0625. The van der Waals surface area contributed by atoms with Crippen LogP contribution in [0.1, 0.15) is 11.1 Å². The summed E-state index contributed by atoms with van der Waals surface area (Å²) < 4.78 is 18.7. The predicted octanol–water partition coefficient (Wildman–Crippen LogP) is 3.79. The largest absolute Gasteiger partial charge is 0.489 e. The highest BCUT2D eigenvalue weighted by atomic mass is 19.1. The molecule has 0 spiro atoms. The van der Waals surface area contributed by atoms with Gasteiger partial charge in [-0.15, -0.1) is 0 Å². The van der Waals surface area contributed by atoms with E-state index in [1.165, 1.54) is 12.1 Å². The van der Waals surface area contributed by atoms with Gasteiger partial charge in [0.25, 0.3) is 0 Å². The molecule has 0 aliphatic heterocycles. The van der Waals surface area contributed by atoms with Crippen molar-refractivity contribution in [2.24, 2.45) is 0 Å². The SMILES string of the molecule is N#Cc1ccc(OCC=Cc2ccccc2)cc1F. The Bertz CT molecular complexity index is 614. The standard InChI is InChI=1S/C16H12FNO/c17-16-11-15(9-8-14(16)12-18)19-10-4-7-13-5-2-1-3-6-13/h1-9,11H,10H2. The Morgan fingerprint density at radius 1 is 1.16 bits per heavy atom. The van der Waals surface area contributed by atoms with E-state index in [9.17, 15) is 4.39 Å². The van der Waals surface area contributed by atoms with Crippen LogP contribution < -0.4 is 4.74 Å². The summed E-state index contributed by atoms with van der Waals surface area (Å²) in [5, 5.41) is 8.61. The summed E-state index contributed by atoms with van der Waals surface area (Å²) >= 11 is 0. The number of rotatable bonds is 4. The Morgan fingerprint density at radius 2 is 1.95 bits per heavy atom. The van der Waals surface area contributed by atoms with Gasteiger partial charge >= 0.3 is 0 Å². The average molecular weight is 253 g/mol. The van der Waals surface area contributed by atoms with E-state index in [4.69, 9.17) is 10.00 Å². The van der Waals surface area contributed by atoms with Gasteiger partial charge in [-0.25, -0.2) is 4.39 Å². The van der Waals surface area contributed by atoms with Crippen molar-refractivity contribution in [3.63, 3.8) is 0 Å². The molecule has 0 amide bonds. The fourth-order valence-electron chi connectivity index (χ4n) is 1.57.